The number of aliphatic hydroxyl groups is 1. The van der Waals surface area contributed by atoms with Crippen molar-refractivity contribution in [1.82, 2.24) is 15.1 Å². The first kappa shape index (κ1) is 16.0. The Bertz CT molecular complexity index is 464. The van der Waals surface area contributed by atoms with Crippen LogP contribution >= 0.6 is 0 Å². The van der Waals surface area contributed by atoms with Crippen LogP contribution in [0.2, 0.25) is 0 Å². The zero-order valence-electron chi connectivity index (χ0n) is 13.2. The van der Waals surface area contributed by atoms with Crippen LogP contribution in [0.25, 0.3) is 0 Å². The summed E-state index contributed by atoms with van der Waals surface area (Å²) < 4.78 is 0. The summed E-state index contributed by atoms with van der Waals surface area (Å²) in [5.74, 6) is -0.00408. The second kappa shape index (κ2) is 6.58. The molecular weight excluding hydrogens is 268 g/mol. The normalized spacial score (nSPS) is 18.7. The number of carbonyl (C=O) groups excluding carboxylic acids is 1. The van der Waals surface area contributed by atoms with Gasteiger partial charge in [0.05, 0.1) is 23.6 Å². The third kappa shape index (κ3) is 3.63. The van der Waals surface area contributed by atoms with E-state index in [1.807, 2.05) is 13.8 Å². The van der Waals surface area contributed by atoms with E-state index in [0.717, 1.165) is 49.4 Å². The number of likely N-dealkylation sites (tertiary alicyclic amines) is 1. The first-order valence-electron chi connectivity index (χ1n) is 7.64. The zero-order valence-corrected chi connectivity index (χ0v) is 13.2. The second-order valence-electron chi connectivity index (χ2n) is 6.15. The van der Waals surface area contributed by atoms with Crippen LogP contribution in [0.1, 0.15) is 37.6 Å². The number of anilines is 1. The maximum Gasteiger partial charge on any atom is 0.238 e. The Labute approximate surface area is 125 Å². The van der Waals surface area contributed by atoms with Crippen LogP contribution in [0.5, 0.6) is 0 Å². The van der Waals surface area contributed by atoms with Gasteiger partial charge in [-0.1, -0.05) is 6.92 Å². The second-order valence-corrected chi connectivity index (χ2v) is 6.15. The average molecular weight is 294 g/mol. The van der Waals surface area contributed by atoms with Gasteiger partial charge in [0.25, 0.3) is 0 Å². The number of aromatic amines is 1. The monoisotopic (exact) mass is 294 g/mol. The molecule has 1 aromatic heterocycles. The Morgan fingerprint density at radius 2 is 2.10 bits per heavy atom. The minimum atomic E-state index is -0.00408. The van der Waals surface area contributed by atoms with Crippen molar-refractivity contribution in [3.05, 3.63) is 11.4 Å². The Morgan fingerprint density at radius 1 is 1.43 bits per heavy atom. The molecule has 0 aromatic carbocycles. The summed E-state index contributed by atoms with van der Waals surface area (Å²) in [4.78, 5) is 14.3. The van der Waals surface area contributed by atoms with Gasteiger partial charge in [-0.15, -0.1) is 0 Å². The average Bonchev–Trinajstić information content (AvgIpc) is 2.80. The smallest absolute Gasteiger partial charge is 0.238 e. The van der Waals surface area contributed by atoms with Gasteiger partial charge in [-0.3, -0.25) is 14.8 Å². The van der Waals surface area contributed by atoms with Crippen molar-refractivity contribution in [2.24, 2.45) is 5.41 Å². The van der Waals surface area contributed by atoms with E-state index in [-0.39, 0.29) is 17.9 Å². The minimum absolute atomic E-state index is 0.00408. The molecule has 0 atom stereocenters. The molecule has 1 aromatic rings. The van der Waals surface area contributed by atoms with Crippen molar-refractivity contribution in [2.75, 3.05) is 31.6 Å². The van der Waals surface area contributed by atoms with Crippen LogP contribution < -0.4 is 5.32 Å². The number of aliphatic hydroxyl groups excluding tert-OH is 1. The van der Waals surface area contributed by atoms with E-state index < -0.39 is 0 Å². The molecule has 0 bridgehead atoms. The first-order chi connectivity index (χ1) is 9.99. The Balaban J connectivity index is 1.85. The number of nitrogens with zero attached hydrogens (tertiary/aromatic N) is 2. The number of aromatic nitrogens is 2. The van der Waals surface area contributed by atoms with Crippen LogP contribution in [-0.2, 0) is 4.79 Å². The molecule has 1 aliphatic rings. The van der Waals surface area contributed by atoms with Crippen molar-refractivity contribution in [2.45, 2.75) is 40.0 Å². The fraction of sp³-hybridized carbons (Fsp3) is 0.733. The Morgan fingerprint density at radius 3 is 2.57 bits per heavy atom. The van der Waals surface area contributed by atoms with E-state index in [1.54, 1.807) is 0 Å². The van der Waals surface area contributed by atoms with E-state index in [4.69, 9.17) is 0 Å². The van der Waals surface area contributed by atoms with Gasteiger partial charge in [-0.05, 0) is 51.6 Å². The number of nitrogens with one attached hydrogen (secondary N) is 2. The summed E-state index contributed by atoms with van der Waals surface area (Å²) in [6, 6.07) is 0. The van der Waals surface area contributed by atoms with Gasteiger partial charge in [-0.2, -0.15) is 5.10 Å². The lowest BCUT2D eigenvalue weighted by molar-refractivity contribution is -0.118. The number of H-pyrrole nitrogens is 1. The number of piperidine rings is 1. The van der Waals surface area contributed by atoms with E-state index in [0.29, 0.717) is 6.54 Å². The first-order valence-corrected chi connectivity index (χ1v) is 7.64. The lowest BCUT2D eigenvalue weighted by Gasteiger charge is -2.39. The highest BCUT2D eigenvalue weighted by Gasteiger charge is 2.32. The van der Waals surface area contributed by atoms with Crippen LogP contribution in [0.3, 0.4) is 0 Å². The molecule has 6 nitrogen and oxygen atoms in total. The largest absolute Gasteiger partial charge is 0.396 e. The molecule has 0 radical (unpaired) electrons. The topological polar surface area (TPSA) is 81.2 Å². The fourth-order valence-corrected chi connectivity index (χ4v) is 2.93. The van der Waals surface area contributed by atoms with E-state index in [1.165, 1.54) is 0 Å². The molecule has 1 fully saturated rings. The zero-order chi connectivity index (χ0) is 15.5. The third-order valence-corrected chi connectivity index (χ3v) is 4.76. The molecule has 3 N–H and O–H groups in total. The Hall–Kier alpha value is -1.40. The molecule has 6 heteroatoms. The summed E-state index contributed by atoms with van der Waals surface area (Å²) >= 11 is 0. The SMILES string of the molecule is CCC1(CO)CCN(CC(=O)Nc2c(C)n[nH]c2C)CC1. The van der Waals surface area contributed by atoms with E-state index in [9.17, 15) is 9.90 Å². The van der Waals surface area contributed by atoms with Gasteiger partial charge in [0.15, 0.2) is 0 Å². The molecular formula is C15H26N4O2. The number of amides is 1. The maximum absolute atomic E-state index is 12.1. The summed E-state index contributed by atoms with van der Waals surface area (Å²) in [5, 5.41) is 19.4. The number of hydrogen-bond donors (Lipinski definition) is 3. The van der Waals surface area contributed by atoms with Gasteiger partial charge >= 0.3 is 0 Å². The van der Waals surface area contributed by atoms with Crippen molar-refractivity contribution < 1.29 is 9.90 Å². The van der Waals surface area contributed by atoms with Crippen LogP contribution in [0.15, 0.2) is 0 Å². The van der Waals surface area contributed by atoms with Gasteiger partial charge in [0.2, 0.25) is 5.91 Å². The molecule has 1 aliphatic heterocycles. The number of rotatable bonds is 5. The summed E-state index contributed by atoms with van der Waals surface area (Å²) in [5.41, 5.74) is 2.54. The van der Waals surface area contributed by atoms with Gasteiger partial charge in [0, 0.05) is 6.61 Å². The quantitative estimate of drug-likeness (QED) is 0.768. The van der Waals surface area contributed by atoms with Crippen LogP contribution in [0, 0.1) is 19.3 Å². The summed E-state index contributed by atoms with van der Waals surface area (Å²) in [6.45, 7) is 8.27. The molecule has 2 heterocycles. The number of aryl methyl sites for hydroxylation is 2. The summed E-state index contributed by atoms with van der Waals surface area (Å²) in [7, 11) is 0. The molecule has 1 saturated heterocycles. The predicted molar refractivity (Wildman–Crippen MR) is 82.2 cm³/mol. The highest BCUT2D eigenvalue weighted by atomic mass is 16.3. The standard InChI is InChI=1S/C15H26N4O2/c1-4-15(10-20)5-7-19(8-6-15)9-13(21)16-14-11(2)17-18-12(14)3/h20H,4-10H2,1-3H3,(H,16,21)(H,17,18). The van der Waals surface area contributed by atoms with Crippen LogP contribution in [0.4, 0.5) is 5.69 Å². The van der Waals surface area contributed by atoms with Crippen LogP contribution in [-0.4, -0.2) is 52.4 Å². The van der Waals surface area contributed by atoms with Crippen molar-refractivity contribution in [3.8, 4) is 0 Å². The van der Waals surface area contributed by atoms with Gasteiger partial charge < -0.3 is 10.4 Å². The molecule has 0 aliphatic carbocycles. The van der Waals surface area contributed by atoms with Gasteiger partial charge in [-0.25, -0.2) is 0 Å². The molecule has 0 spiro atoms. The van der Waals surface area contributed by atoms with E-state index in [2.05, 4.69) is 27.3 Å². The third-order valence-electron chi connectivity index (χ3n) is 4.76. The number of carbonyl (C=O) groups is 1. The van der Waals surface area contributed by atoms with Crippen molar-refractivity contribution in [3.63, 3.8) is 0 Å². The lowest BCUT2D eigenvalue weighted by Crippen LogP contribution is -2.44. The maximum atomic E-state index is 12.1. The molecule has 1 amide bonds. The molecule has 0 saturated carbocycles. The van der Waals surface area contributed by atoms with Crippen molar-refractivity contribution in [1.29, 1.82) is 0 Å². The number of hydrogen-bond acceptors (Lipinski definition) is 4. The lowest BCUT2D eigenvalue weighted by atomic mass is 9.77. The van der Waals surface area contributed by atoms with Gasteiger partial charge in [0.1, 0.15) is 0 Å². The highest BCUT2D eigenvalue weighted by molar-refractivity contribution is 5.93. The van der Waals surface area contributed by atoms with Crippen molar-refractivity contribution >= 4 is 11.6 Å². The Kier molecular flexibility index (Phi) is 5.00. The molecule has 21 heavy (non-hydrogen) atoms. The predicted octanol–water partition coefficient (Wildman–Crippen LogP) is 1.45. The highest BCUT2D eigenvalue weighted by Crippen LogP contribution is 2.34. The fourth-order valence-electron chi connectivity index (χ4n) is 2.93. The van der Waals surface area contributed by atoms with E-state index >= 15 is 0 Å². The molecule has 118 valence electrons. The molecule has 2 rings (SSSR count). The molecule has 0 unspecified atom stereocenters. The summed E-state index contributed by atoms with van der Waals surface area (Å²) in [6.07, 6.45) is 2.91. The minimum Gasteiger partial charge on any atom is -0.396 e.